The van der Waals surface area contributed by atoms with Crippen molar-refractivity contribution in [1.29, 1.82) is 0 Å². The van der Waals surface area contributed by atoms with Crippen LogP contribution in [0.25, 0.3) is 5.69 Å². The van der Waals surface area contributed by atoms with Crippen molar-refractivity contribution in [2.45, 2.75) is 38.3 Å². The molecule has 0 saturated carbocycles. The fraction of sp³-hybridized carbons (Fsp3) is 0.438. The summed E-state index contributed by atoms with van der Waals surface area (Å²) in [6.07, 6.45) is 6.44. The van der Waals surface area contributed by atoms with Crippen LogP contribution < -0.4 is 5.73 Å². The molecule has 6 heteroatoms. The van der Waals surface area contributed by atoms with E-state index in [1.807, 2.05) is 36.1 Å². The van der Waals surface area contributed by atoms with Crippen molar-refractivity contribution < 1.29 is 4.79 Å². The highest BCUT2D eigenvalue weighted by Crippen LogP contribution is 2.22. The van der Waals surface area contributed by atoms with Gasteiger partial charge in [0, 0.05) is 29.9 Å². The van der Waals surface area contributed by atoms with Crippen LogP contribution in [0.5, 0.6) is 0 Å². The molecular formula is C16H21N5O. The Kier molecular flexibility index (Phi) is 4.20. The number of benzene rings is 1. The molecule has 0 spiro atoms. The molecule has 2 atom stereocenters. The standard InChI is InChI=1S/C16H21N5O/c1-12(17)15-4-2-3-9-21(15)16(22)13-5-7-14(8-6-13)20-10-18-19-11-20/h5-8,10-12,15H,2-4,9,17H2,1H3/t12-,15-/m1/s1. The molecule has 1 amide bonds. The number of aromatic nitrogens is 3. The Balaban J connectivity index is 1.79. The SMILES string of the molecule is C[C@@H](N)[C@H]1CCCCN1C(=O)c1ccc(-n2cnnc2)cc1. The molecule has 3 rings (SSSR count). The van der Waals surface area contributed by atoms with Gasteiger partial charge in [-0.2, -0.15) is 0 Å². The summed E-state index contributed by atoms with van der Waals surface area (Å²) in [7, 11) is 0. The van der Waals surface area contributed by atoms with E-state index in [1.54, 1.807) is 17.2 Å². The molecule has 1 aliphatic rings. The first-order valence-corrected chi connectivity index (χ1v) is 7.68. The predicted octanol–water partition coefficient (Wildman–Crippen LogP) is 1.61. The van der Waals surface area contributed by atoms with E-state index in [2.05, 4.69) is 10.2 Å². The minimum atomic E-state index is 0.000506. The van der Waals surface area contributed by atoms with Gasteiger partial charge in [0.15, 0.2) is 0 Å². The van der Waals surface area contributed by atoms with Crippen LogP contribution >= 0.6 is 0 Å². The lowest BCUT2D eigenvalue weighted by molar-refractivity contribution is 0.0584. The van der Waals surface area contributed by atoms with Gasteiger partial charge in [0.2, 0.25) is 0 Å². The number of carbonyl (C=O) groups is 1. The van der Waals surface area contributed by atoms with Crippen LogP contribution in [0.2, 0.25) is 0 Å². The topological polar surface area (TPSA) is 77.0 Å². The molecular weight excluding hydrogens is 278 g/mol. The molecule has 2 N–H and O–H groups in total. The van der Waals surface area contributed by atoms with Crippen LogP contribution in [0, 0.1) is 0 Å². The Morgan fingerprint density at radius 2 is 1.91 bits per heavy atom. The van der Waals surface area contributed by atoms with Crippen molar-refractivity contribution in [2.75, 3.05) is 6.54 Å². The molecule has 22 heavy (non-hydrogen) atoms. The summed E-state index contributed by atoms with van der Waals surface area (Å²) in [6.45, 7) is 2.77. The number of likely N-dealkylation sites (tertiary alicyclic amines) is 1. The zero-order chi connectivity index (χ0) is 15.5. The molecule has 1 aromatic carbocycles. The molecule has 0 radical (unpaired) electrons. The van der Waals surface area contributed by atoms with Crippen molar-refractivity contribution in [2.24, 2.45) is 5.73 Å². The summed E-state index contributed by atoms with van der Waals surface area (Å²) >= 11 is 0. The molecule has 1 aliphatic heterocycles. The zero-order valence-corrected chi connectivity index (χ0v) is 12.7. The first-order valence-electron chi connectivity index (χ1n) is 7.68. The second-order valence-corrected chi connectivity index (χ2v) is 5.84. The quantitative estimate of drug-likeness (QED) is 0.934. The van der Waals surface area contributed by atoms with Gasteiger partial charge in [-0.05, 0) is 50.5 Å². The number of nitrogens with two attached hydrogens (primary N) is 1. The summed E-state index contributed by atoms with van der Waals surface area (Å²) in [6, 6.07) is 7.65. The zero-order valence-electron chi connectivity index (χ0n) is 12.7. The fourth-order valence-electron chi connectivity index (χ4n) is 3.03. The van der Waals surface area contributed by atoms with Gasteiger partial charge in [-0.1, -0.05) is 0 Å². The highest BCUT2D eigenvalue weighted by Gasteiger charge is 2.29. The second-order valence-electron chi connectivity index (χ2n) is 5.84. The Morgan fingerprint density at radius 3 is 2.55 bits per heavy atom. The maximum absolute atomic E-state index is 12.8. The summed E-state index contributed by atoms with van der Waals surface area (Å²) < 4.78 is 1.81. The Hall–Kier alpha value is -2.21. The minimum absolute atomic E-state index is 0.000506. The monoisotopic (exact) mass is 299 g/mol. The van der Waals surface area contributed by atoms with Gasteiger partial charge in [0.1, 0.15) is 12.7 Å². The molecule has 1 fully saturated rings. The van der Waals surface area contributed by atoms with Crippen LogP contribution in [0.1, 0.15) is 36.5 Å². The van der Waals surface area contributed by atoms with E-state index in [1.165, 1.54) is 0 Å². The van der Waals surface area contributed by atoms with E-state index >= 15 is 0 Å². The van der Waals surface area contributed by atoms with E-state index in [0.717, 1.165) is 31.5 Å². The number of nitrogens with zero attached hydrogens (tertiary/aromatic N) is 4. The first-order chi connectivity index (χ1) is 10.7. The van der Waals surface area contributed by atoms with Gasteiger partial charge in [-0.15, -0.1) is 10.2 Å². The number of carbonyl (C=O) groups excluding carboxylic acids is 1. The van der Waals surface area contributed by atoms with Crippen molar-refractivity contribution in [3.8, 4) is 5.69 Å². The lowest BCUT2D eigenvalue weighted by Crippen LogP contribution is -2.51. The highest BCUT2D eigenvalue weighted by atomic mass is 16.2. The summed E-state index contributed by atoms with van der Waals surface area (Å²) in [5.41, 5.74) is 7.68. The summed E-state index contributed by atoms with van der Waals surface area (Å²) in [5, 5.41) is 7.57. The van der Waals surface area contributed by atoms with E-state index in [-0.39, 0.29) is 18.0 Å². The maximum atomic E-state index is 12.8. The third-order valence-corrected chi connectivity index (χ3v) is 4.25. The number of hydrogen-bond acceptors (Lipinski definition) is 4. The van der Waals surface area contributed by atoms with Gasteiger partial charge >= 0.3 is 0 Å². The molecule has 2 heterocycles. The van der Waals surface area contributed by atoms with E-state index in [9.17, 15) is 4.79 Å². The van der Waals surface area contributed by atoms with E-state index < -0.39 is 0 Å². The van der Waals surface area contributed by atoms with Gasteiger partial charge in [-0.25, -0.2) is 0 Å². The largest absolute Gasteiger partial charge is 0.334 e. The van der Waals surface area contributed by atoms with Crippen molar-refractivity contribution in [3.05, 3.63) is 42.5 Å². The number of rotatable bonds is 3. The van der Waals surface area contributed by atoms with Crippen LogP contribution in [0.15, 0.2) is 36.9 Å². The Labute approximate surface area is 129 Å². The first kappa shape index (κ1) is 14.7. The third-order valence-electron chi connectivity index (χ3n) is 4.25. The van der Waals surface area contributed by atoms with Crippen LogP contribution in [-0.4, -0.2) is 44.2 Å². The van der Waals surface area contributed by atoms with Gasteiger partial charge in [-0.3, -0.25) is 9.36 Å². The molecule has 116 valence electrons. The van der Waals surface area contributed by atoms with E-state index in [4.69, 9.17) is 5.73 Å². The Morgan fingerprint density at radius 1 is 1.23 bits per heavy atom. The highest BCUT2D eigenvalue weighted by molar-refractivity contribution is 5.94. The van der Waals surface area contributed by atoms with E-state index in [0.29, 0.717) is 5.56 Å². The molecule has 2 aromatic rings. The van der Waals surface area contributed by atoms with Gasteiger partial charge in [0.25, 0.3) is 5.91 Å². The molecule has 0 aliphatic carbocycles. The van der Waals surface area contributed by atoms with Gasteiger partial charge < -0.3 is 10.6 Å². The van der Waals surface area contributed by atoms with Gasteiger partial charge in [0.05, 0.1) is 0 Å². The molecule has 6 nitrogen and oxygen atoms in total. The lowest BCUT2D eigenvalue weighted by atomic mass is 9.96. The average molecular weight is 299 g/mol. The van der Waals surface area contributed by atoms with Crippen LogP contribution in [0.4, 0.5) is 0 Å². The summed E-state index contributed by atoms with van der Waals surface area (Å²) in [5.74, 6) is 0.0670. The van der Waals surface area contributed by atoms with Crippen LogP contribution in [-0.2, 0) is 0 Å². The molecule has 1 saturated heterocycles. The third kappa shape index (κ3) is 2.87. The number of hydrogen-bond donors (Lipinski definition) is 1. The smallest absolute Gasteiger partial charge is 0.254 e. The molecule has 1 aromatic heterocycles. The molecule has 0 bridgehead atoms. The number of piperidine rings is 1. The van der Waals surface area contributed by atoms with Crippen molar-refractivity contribution >= 4 is 5.91 Å². The summed E-state index contributed by atoms with van der Waals surface area (Å²) in [4.78, 5) is 14.7. The normalized spacial score (nSPS) is 19.9. The average Bonchev–Trinajstić information content (AvgIpc) is 3.09. The fourth-order valence-corrected chi connectivity index (χ4v) is 3.03. The van der Waals surface area contributed by atoms with Crippen molar-refractivity contribution in [1.82, 2.24) is 19.7 Å². The molecule has 0 unspecified atom stereocenters. The van der Waals surface area contributed by atoms with Crippen molar-refractivity contribution in [3.63, 3.8) is 0 Å². The lowest BCUT2D eigenvalue weighted by Gasteiger charge is -2.38. The Bertz CT molecular complexity index is 620. The maximum Gasteiger partial charge on any atom is 0.254 e. The minimum Gasteiger partial charge on any atom is -0.334 e. The predicted molar refractivity (Wildman–Crippen MR) is 83.7 cm³/mol. The number of amides is 1. The van der Waals surface area contributed by atoms with Crippen LogP contribution in [0.3, 0.4) is 0 Å². The second kappa shape index (κ2) is 6.27.